The van der Waals surface area contributed by atoms with Crippen molar-refractivity contribution < 1.29 is 22.3 Å². The Morgan fingerprint density at radius 3 is 2.28 bits per heavy atom. The molecule has 1 aliphatic heterocycles. The molecule has 0 spiro atoms. The van der Waals surface area contributed by atoms with Crippen molar-refractivity contribution in [3.05, 3.63) is 0 Å². The molecule has 0 N–H and O–H groups in total. The van der Waals surface area contributed by atoms with Crippen LogP contribution >= 0.6 is 0 Å². The molecule has 7 atom stereocenters. The van der Waals surface area contributed by atoms with E-state index in [1.807, 2.05) is 0 Å². The highest BCUT2D eigenvalue weighted by molar-refractivity contribution is 5.13. The van der Waals surface area contributed by atoms with Crippen molar-refractivity contribution in [3.8, 4) is 0 Å². The summed E-state index contributed by atoms with van der Waals surface area (Å²) in [4.78, 5) is 0. The Labute approximate surface area is 105 Å². The Morgan fingerprint density at radius 1 is 1.44 bits per heavy atom. The average Bonchev–Trinajstić information content (AvgIpc) is 3.19. The molecule has 2 fully saturated rings. The third-order valence-electron chi connectivity index (χ3n) is 4.44. The molecule has 1 saturated carbocycles. The van der Waals surface area contributed by atoms with E-state index < -0.39 is 41.6 Å². The molecule has 106 valence electrons. The van der Waals surface area contributed by atoms with Crippen LogP contribution in [-0.2, 0) is 4.74 Å². The minimum atomic E-state index is -2.40. The molecule has 1 saturated heterocycles. The molecule has 0 aromatic carbocycles. The highest BCUT2D eigenvalue weighted by Gasteiger charge is 2.66. The maximum absolute atomic E-state index is 14.7. The van der Waals surface area contributed by atoms with Crippen LogP contribution in [0.3, 0.4) is 0 Å². The zero-order valence-corrected chi connectivity index (χ0v) is 10.9. The SMILES string of the molecule is CCC(F)C([C@@H]1CO1)C(C)(F)C(F)C1(C)CC1F. The molecule has 1 heterocycles. The third kappa shape index (κ3) is 2.15. The van der Waals surface area contributed by atoms with E-state index in [2.05, 4.69) is 0 Å². The average molecular weight is 268 g/mol. The van der Waals surface area contributed by atoms with Crippen molar-refractivity contribution in [2.24, 2.45) is 11.3 Å². The van der Waals surface area contributed by atoms with Crippen LogP contribution < -0.4 is 0 Å². The lowest BCUT2D eigenvalue weighted by atomic mass is 9.76. The normalized spacial score (nSPS) is 42.8. The molecular weight excluding hydrogens is 248 g/mol. The van der Waals surface area contributed by atoms with Crippen molar-refractivity contribution in [2.75, 3.05) is 6.61 Å². The van der Waals surface area contributed by atoms with Gasteiger partial charge in [0.25, 0.3) is 0 Å². The van der Waals surface area contributed by atoms with Crippen LogP contribution in [0.2, 0.25) is 0 Å². The van der Waals surface area contributed by atoms with Crippen molar-refractivity contribution in [3.63, 3.8) is 0 Å². The third-order valence-corrected chi connectivity index (χ3v) is 4.44. The Bertz CT molecular complexity index is 318. The molecule has 18 heavy (non-hydrogen) atoms. The number of epoxide rings is 1. The van der Waals surface area contributed by atoms with E-state index in [9.17, 15) is 17.6 Å². The van der Waals surface area contributed by atoms with Gasteiger partial charge in [-0.15, -0.1) is 0 Å². The second-order valence-electron chi connectivity index (χ2n) is 6.01. The van der Waals surface area contributed by atoms with Gasteiger partial charge in [0.2, 0.25) is 0 Å². The topological polar surface area (TPSA) is 12.5 Å². The monoisotopic (exact) mass is 268 g/mol. The first-order valence-corrected chi connectivity index (χ1v) is 6.47. The molecule has 2 aliphatic rings. The summed E-state index contributed by atoms with van der Waals surface area (Å²) in [7, 11) is 0. The van der Waals surface area contributed by atoms with Crippen LogP contribution in [0, 0.1) is 11.3 Å². The summed E-state index contributed by atoms with van der Waals surface area (Å²) in [6.07, 6.45) is -5.26. The van der Waals surface area contributed by atoms with E-state index in [1.165, 1.54) is 6.92 Å². The van der Waals surface area contributed by atoms with Gasteiger partial charge in [-0.25, -0.2) is 17.6 Å². The fourth-order valence-corrected chi connectivity index (χ4v) is 2.87. The number of ether oxygens (including phenoxy) is 1. The first kappa shape index (κ1) is 14.1. The second kappa shape index (κ2) is 4.36. The molecule has 0 amide bonds. The zero-order chi connectivity index (χ0) is 13.7. The fraction of sp³-hybridized carbons (Fsp3) is 1.00. The lowest BCUT2D eigenvalue weighted by molar-refractivity contribution is -0.0641. The van der Waals surface area contributed by atoms with E-state index in [4.69, 9.17) is 4.74 Å². The Morgan fingerprint density at radius 2 is 1.94 bits per heavy atom. The molecule has 6 unspecified atom stereocenters. The van der Waals surface area contributed by atoms with Gasteiger partial charge in [-0.05, 0) is 19.8 Å². The van der Waals surface area contributed by atoms with E-state index in [1.54, 1.807) is 6.92 Å². The molecule has 0 bridgehead atoms. The van der Waals surface area contributed by atoms with Gasteiger partial charge in [-0.3, -0.25) is 0 Å². The lowest BCUT2D eigenvalue weighted by Gasteiger charge is -2.36. The second-order valence-corrected chi connectivity index (χ2v) is 6.01. The minimum Gasteiger partial charge on any atom is -0.373 e. The molecule has 1 aliphatic carbocycles. The Balaban J connectivity index is 2.16. The van der Waals surface area contributed by atoms with E-state index in [0.29, 0.717) is 0 Å². The van der Waals surface area contributed by atoms with Crippen LogP contribution in [0.1, 0.15) is 33.6 Å². The molecule has 1 nitrogen and oxygen atoms in total. The van der Waals surface area contributed by atoms with Crippen LogP contribution in [0.4, 0.5) is 17.6 Å². The molecule has 0 aromatic heterocycles. The zero-order valence-electron chi connectivity index (χ0n) is 10.9. The number of halogens is 4. The van der Waals surface area contributed by atoms with Gasteiger partial charge in [0, 0.05) is 5.41 Å². The largest absolute Gasteiger partial charge is 0.373 e. The minimum absolute atomic E-state index is 0.00893. The standard InChI is InChI=1S/C13H20F4O/c1-4-7(14)10(8-6-18-8)13(3,17)11(16)12(2)5-9(12)15/h7-11H,4-6H2,1-3H3/t7?,8-,9?,10?,11?,12?,13?/m0/s1. The van der Waals surface area contributed by atoms with Crippen LogP contribution in [0.25, 0.3) is 0 Å². The highest BCUT2D eigenvalue weighted by atomic mass is 19.2. The van der Waals surface area contributed by atoms with Crippen molar-refractivity contribution in [1.82, 2.24) is 0 Å². The molecule has 2 rings (SSSR count). The van der Waals surface area contributed by atoms with Crippen LogP contribution in [0.5, 0.6) is 0 Å². The number of hydrogen-bond donors (Lipinski definition) is 0. The first-order chi connectivity index (χ1) is 8.25. The van der Waals surface area contributed by atoms with E-state index >= 15 is 0 Å². The molecule has 5 heteroatoms. The summed E-state index contributed by atoms with van der Waals surface area (Å²) in [5, 5.41) is 0. The van der Waals surface area contributed by atoms with Crippen molar-refractivity contribution in [1.29, 1.82) is 0 Å². The summed E-state index contributed by atoms with van der Waals surface area (Å²) >= 11 is 0. The predicted molar refractivity (Wildman–Crippen MR) is 60.4 cm³/mol. The van der Waals surface area contributed by atoms with Gasteiger partial charge in [0.15, 0.2) is 0 Å². The number of hydrogen-bond acceptors (Lipinski definition) is 1. The van der Waals surface area contributed by atoms with Crippen molar-refractivity contribution >= 4 is 0 Å². The number of rotatable bonds is 6. The van der Waals surface area contributed by atoms with Gasteiger partial charge < -0.3 is 4.74 Å². The quantitative estimate of drug-likeness (QED) is 0.530. The molecule has 0 radical (unpaired) electrons. The van der Waals surface area contributed by atoms with Gasteiger partial charge in [0.1, 0.15) is 24.2 Å². The highest BCUT2D eigenvalue weighted by Crippen LogP contribution is 2.58. The summed E-state index contributed by atoms with van der Waals surface area (Å²) in [6.45, 7) is 4.26. The summed E-state index contributed by atoms with van der Waals surface area (Å²) in [5.74, 6) is -1.15. The van der Waals surface area contributed by atoms with Crippen LogP contribution in [-0.4, -0.2) is 36.9 Å². The smallest absolute Gasteiger partial charge is 0.148 e. The van der Waals surface area contributed by atoms with Gasteiger partial charge in [-0.2, -0.15) is 0 Å². The summed E-state index contributed by atoms with van der Waals surface area (Å²) < 4.78 is 61.0. The number of alkyl halides is 4. The maximum atomic E-state index is 14.7. The first-order valence-electron chi connectivity index (χ1n) is 6.47. The van der Waals surface area contributed by atoms with E-state index in [-0.39, 0.29) is 19.4 Å². The molecular formula is C13H20F4O. The van der Waals surface area contributed by atoms with Gasteiger partial charge in [0.05, 0.1) is 18.6 Å². The fourth-order valence-electron chi connectivity index (χ4n) is 2.87. The molecule has 0 aromatic rings. The Kier molecular flexibility index (Phi) is 3.41. The van der Waals surface area contributed by atoms with Gasteiger partial charge >= 0.3 is 0 Å². The predicted octanol–water partition coefficient (Wildman–Crippen LogP) is 3.56. The maximum Gasteiger partial charge on any atom is 0.148 e. The van der Waals surface area contributed by atoms with Gasteiger partial charge in [-0.1, -0.05) is 13.8 Å². The lowest BCUT2D eigenvalue weighted by Crippen LogP contribution is -2.50. The van der Waals surface area contributed by atoms with Crippen molar-refractivity contribution in [2.45, 2.75) is 63.9 Å². The Hall–Kier alpha value is -0.320. The summed E-state index contributed by atoms with van der Waals surface area (Å²) in [6, 6.07) is 0. The summed E-state index contributed by atoms with van der Waals surface area (Å²) in [5.41, 5.74) is -3.70. The van der Waals surface area contributed by atoms with Crippen LogP contribution in [0.15, 0.2) is 0 Å². The van der Waals surface area contributed by atoms with E-state index in [0.717, 1.165) is 6.92 Å².